The van der Waals surface area contributed by atoms with Crippen molar-refractivity contribution >= 4 is 27.6 Å². The molecule has 0 saturated heterocycles. The van der Waals surface area contributed by atoms with Crippen molar-refractivity contribution in [2.24, 2.45) is 0 Å². The Morgan fingerprint density at radius 3 is 2.22 bits per heavy atom. The summed E-state index contributed by atoms with van der Waals surface area (Å²) < 4.78 is 32.6. The van der Waals surface area contributed by atoms with Crippen LogP contribution < -0.4 is 4.72 Å². The van der Waals surface area contributed by atoms with Gasteiger partial charge in [0, 0.05) is 5.02 Å². The monoisotopic (exact) mass is 409 g/mol. The van der Waals surface area contributed by atoms with Crippen molar-refractivity contribution in [1.82, 2.24) is 4.72 Å². The molecule has 0 bridgehead atoms. The predicted octanol–water partition coefficient (Wildman–Crippen LogP) is 3.75. The molecule has 0 aliphatic rings. The highest BCUT2D eigenvalue weighted by molar-refractivity contribution is 7.89. The second kappa shape index (κ2) is 9.88. The maximum absolute atomic E-state index is 12.7. The Morgan fingerprint density at radius 2 is 1.67 bits per heavy atom. The van der Waals surface area contributed by atoms with Crippen LogP contribution in [0, 0.1) is 0 Å². The van der Waals surface area contributed by atoms with Crippen molar-refractivity contribution in [2.75, 3.05) is 7.11 Å². The molecule has 2 aromatic rings. The number of nitrogens with one attached hydrogen (secondary N) is 1. The zero-order valence-electron chi connectivity index (χ0n) is 15.4. The first-order valence-corrected chi connectivity index (χ1v) is 10.7. The fraction of sp³-hybridized carbons (Fsp3) is 0.350. The molecule has 0 spiro atoms. The Bertz CT molecular complexity index is 849. The molecule has 0 aliphatic carbocycles. The van der Waals surface area contributed by atoms with Gasteiger partial charge in [-0.15, -0.1) is 0 Å². The van der Waals surface area contributed by atoms with E-state index in [0.717, 1.165) is 30.4 Å². The molecule has 0 aliphatic heterocycles. The summed E-state index contributed by atoms with van der Waals surface area (Å²) in [7, 11) is -2.63. The lowest BCUT2D eigenvalue weighted by Gasteiger charge is -2.17. The molecule has 0 heterocycles. The normalized spacial score (nSPS) is 12.6. The van der Waals surface area contributed by atoms with Crippen LogP contribution in [0.4, 0.5) is 0 Å². The minimum absolute atomic E-state index is 0.118. The quantitative estimate of drug-likeness (QED) is 0.640. The van der Waals surface area contributed by atoms with Gasteiger partial charge in [0.2, 0.25) is 10.0 Å². The van der Waals surface area contributed by atoms with E-state index in [1.54, 1.807) is 48.5 Å². The molecule has 27 heavy (non-hydrogen) atoms. The number of halogens is 1. The minimum Gasteiger partial charge on any atom is -0.468 e. The van der Waals surface area contributed by atoms with Gasteiger partial charge in [0.05, 0.1) is 12.0 Å². The summed E-state index contributed by atoms with van der Waals surface area (Å²) in [6, 6.07) is 12.6. The Kier molecular flexibility index (Phi) is 7.83. The summed E-state index contributed by atoms with van der Waals surface area (Å²) in [5.41, 5.74) is 1.86. The fourth-order valence-corrected chi connectivity index (χ4v) is 3.95. The number of hydrogen-bond acceptors (Lipinski definition) is 4. The van der Waals surface area contributed by atoms with Crippen molar-refractivity contribution in [1.29, 1.82) is 0 Å². The first-order valence-electron chi connectivity index (χ1n) is 8.79. The molecule has 2 aromatic carbocycles. The summed E-state index contributed by atoms with van der Waals surface area (Å²) in [5.74, 6) is -0.645. The number of methoxy groups -OCH3 is 1. The first-order chi connectivity index (χ1) is 12.9. The van der Waals surface area contributed by atoms with E-state index in [0.29, 0.717) is 5.02 Å². The first kappa shape index (κ1) is 21.4. The Labute approximate surface area is 165 Å². The lowest BCUT2D eigenvalue weighted by molar-refractivity contribution is -0.142. The number of aryl methyl sites for hydroxylation is 1. The number of unbranched alkanes of at least 4 members (excludes halogenated alkanes) is 1. The van der Waals surface area contributed by atoms with Crippen molar-refractivity contribution < 1.29 is 17.9 Å². The van der Waals surface area contributed by atoms with E-state index in [2.05, 4.69) is 11.6 Å². The van der Waals surface area contributed by atoms with Crippen molar-refractivity contribution in [2.45, 2.75) is 43.5 Å². The van der Waals surface area contributed by atoms with Gasteiger partial charge in [-0.3, -0.25) is 4.79 Å². The Hall–Kier alpha value is -1.89. The van der Waals surface area contributed by atoms with E-state index in [4.69, 9.17) is 16.3 Å². The third kappa shape index (κ3) is 6.34. The lowest BCUT2D eigenvalue weighted by atomic mass is 10.1. The number of rotatable bonds is 9. The molecule has 7 heteroatoms. The van der Waals surface area contributed by atoms with Gasteiger partial charge in [-0.2, -0.15) is 4.72 Å². The Balaban J connectivity index is 2.16. The molecule has 0 aromatic heterocycles. The molecule has 1 N–H and O–H groups in total. The van der Waals surface area contributed by atoms with Gasteiger partial charge in [-0.05, 0) is 54.7 Å². The molecule has 0 amide bonds. The van der Waals surface area contributed by atoms with Gasteiger partial charge < -0.3 is 4.74 Å². The van der Waals surface area contributed by atoms with Gasteiger partial charge in [0.1, 0.15) is 6.04 Å². The highest BCUT2D eigenvalue weighted by atomic mass is 35.5. The van der Waals surface area contributed by atoms with E-state index in [1.165, 1.54) is 7.11 Å². The summed E-state index contributed by atoms with van der Waals surface area (Å²) in [4.78, 5) is 12.2. The molecular formula is C20H24ClNO4S. The maximum Gasteiger partial charge on any atom is 0.324 e. The molecule has 1 atom stereocenters. The zero-order chi connectivity index (χ0) is 19.9. The van der Waals surface area contributed by atoms with Crippen LogP contribution in [0.3, 0.4) is 0 Å². The van der Waals surface area contributed by atoms with E-state index in [-0.39, 0.29) is 11.3 Å². The van der Waals surface area contributed by atoms with Gasteiger partial charge in [-0.25, -0.2) is 8.42 Å². The number of hydrogen-bond donors (Lipinski definition) is 1. The SMILES string of the molecule is CCCCc1ccc(S(=O)(=O)NC(Cc2ccc(Cl)cc2)C(=O)OC)cc1. The van der Waals surface area contributed by atoms with Gasteiger partial charge in [0.25, 0.3) is 0 Å². The van der Waals surface area contributed by atoms with Crippen molar-refractivity contribution in [3.8, 4) is 0 Å². The standard InChI is InChI=1S/C20H24ClNO4S/c1-3-4-5-15-8-12-18(13-9-15)27(24,25)22-19(20(23)26-2)14-16-6-10-17(21)11-7-16/h6-13,19,22H,3-5,14H2,1-2H3. The maximum atomic E-state index is 12.7. The molecule has 0 saturated carbocycles. The molecule has 0 fully saturated rings. The van der Waals surface area contributed by atoms with E-state index in [1.807, 2.05) is 0 Å². The van der Waals surface area contributed by atoms with Gasteiger partial charge >= 0.3 is 5.97 Å². The largest absolute Gasteiger partial charge is 0.468 e. The molecular weight excluding hydrogens is 386 g/mol. The highest BCUT2D eigenvalue weighted by Gasteiger charge is 2.26. The number of benzene rings is 2. The van der Waals surface area contributed by atoms with Crippen LogP contribution in [-0.2, 0) is 32.4 Å². The van der Waals surface area contributed by atoms with Crippen LogP contribution in [0.5, 0.6) is 0 Å². The summed E-state index contributed by atoms with van der Waals surface area (Å²) in [6.07, 6.45) is 3.20. The van der Waals surface area contributed by atoms with Crippen molar-refractivity contribution in [3.05, 3.63) is 64.7 Å². The van der Waals surface area contributed by atoms with Crippen LogP contribution in [0.25, 0.3) is 0 Å². The smallest absolute Gasteiger partial charge is 0.324 e. The molecule has 2 rings (SSSR count). The molecule has 0 radical (unpaired) electrons. The third-order valence-corrected chi connectivity index (χ3v) is 5.93. The second-order valence-corrected chi connectivity index (χ2v) is 8.43. The van der Waals surface area contributed by atoms with Gasteiger partial charge in [0.15, 0.2) is 0 Å². The highest BCUT2D eigenvalue weighted by Crippen LogP contribution is 2.16. The second-order valence-electron chi connectivity index (χ2n) is 6.28. The van der Waals surface area contributed by atoms with E-state index >= 15 is 0 Å². The van der Waals surface area contributed by atoms with Crippen LogP contribution >= 0.6 is 11.6 Å². The number of ether oxygens (including phenoxy) is 1. The molecule has 146 valence electrons. The third-order valence-electron chi connectivity index (χ3n) is 4.19. The topological polar surface area (TPSA) is 72.5 Å². The minimum atomic E-state index is -3.86. The summed E-state index contributed by atoms with van der Waals surface area (Å²) >= 11 is 5.87. The average Bonchev–Trinajstić information content (AvgIpc) is 2.67. The predicted molar refractivity (Wildman–Crippen MR) is 106 cm³/mol. The molecule has 5 nitrogen and oxygen atoms in total. The van der Waals surface area contributed by atoms with Gasteiger partial charge in [-0.1, -0.05) is 49.2 Å². The number of esters is 1. The lowest BCUT2D eigenvalue weighted by Crippen LogP contribution is -2.42. The van der Waals surface area contributed by atoms with E-state index in [9.17, 15) is 13.2 Å². The number of carbonyl (C=O) groups is 1. The Morgan fingerprint density at radius 1 is 1.07 bits per heavy atom. The fourth-order valence-electron chi connectivity index (χ4n) is 2.64. The summed E-state index contributed by atoms with van der Waals surface area (Å²) in [5, 5.41) is 0.567. The zero-order valence-corrected chi connectivity index (χ0v) is 17.0. The average molecular weight is 410 g/mol. The summed E-state index contributed by atoms with van der Waals surface area (Å²) in [6.45, 7) is 2.11. The number of sulfonamides is 1. The van der Waals surface area contributed by atoms with Crippen LogP contribution in [0.15, 0.2) is 53.4 Å². The van der Waals surface area contributed by atoms with E-state index < -0.39 is 22.0 Å². The van der Waals surface area contributed by atoms with Crippen LogP contribution in [0.1, 0.15) is 30.9 Å². The molecule has 1 unspecified atom stereocenters. The number of carbonyl (C=O) groups excluding carboxylic acids is 1. The van der Waals surface area contributed by atoms with Crippen LogP contribution in [0.2, 0.25) is 5.02 Å². The van der Waals surface area contributed by atoms with Crippen molar-refractivity contribution in [3.63, 3.8) is 0 Å². The van der Waals surface area contributed by atoms with Crippen LogP contribution in [-0.4, -0.2) is 27.5 Å².